The van der Waals surface area contributed by atoms with Crippen LogP contribution in [-0.2, 0) is 13.6 Å². The monoisotopic (exact) mass is 374 g/mol. The van der Waals surface area contributed by atoms with Crippen LogP contribution in [0.4, 0.5) is 5.82 Å². The minimum Gasteiger partial charge on any atom is -0.355 e. The Balaban J connectivity index is 1.39. The summed E-state index contributed by atoms with van der Waals surface area (Å²) in [7, 11) is 2.12. The quantitative estimate of drug-likeness (QED) is 0.822. The summed E-state index contributed by atoms with van der Waals surface area (Å²) in [5.74, 6) is 3.58. The maximum Gasteiger partial charge on any atom is 0.147 e. The van der Waals surface area contributed by atoms with Crippen LogP contribution >= 0.6 is 11.6 Å². The van der Waals surface area contributed by atoms with Gasteiger partial charge < -0.3 is 9.47 Å². The average Bonchev–Trinajstić information content (AvgIpc) is 3.04. The van der Waals surface area contributed by atoms with Gasteiger partial charge in [0.1, 0.15) is 17.5 Å². The number of halogens is 1. The van der Waals surface area contributed by atoms with Gasteiger partial charge in [-0.1, -0.05) is 18.0 Å². The molecule has 2 aliphatic rings. The molecule has 26 heavy (non-hydrogen) atoms. The van der Waals surface area contributed by atoms with Gasteiger partial charge in [-0.05, 0) is 50.9 Å². The zero-order chi connectivity index (χ0) is 17.9. The molecule has 140 valence electrons. The molecule has 0 radical (unpaired) electrons. The standard InChI is InChI=1S/C19H27ClN6/c1-24-17(14-25-10-3-2-4-11-25)22-23-18(24)15-7-12-26(13-8-15)19-16(20)6-5-9-21-19/h5-6,9,15H,2-4,7-8,10-14H2,1H3. The van der Waals surface area contributed by atoms with Crippen molar-refractivity contribution in [2.75, 3.05) is 31.1 Å². The lowest BCUT2D eigenvalue weighted by Crippen LogP contribution is -2.34. The number of hydrogen-bond acceptors (Lipinski definition) is 5. The molecule has 2 aliphatic heterocycles. The minimum absolute atomic E-state index is 0.460. The molecule has 0 atom stereocenters. The predicted molar refractivity (Wildman–Crippen MR) is 104 cm³/mol. The zero-order valence-corrected chi connectivity index (χ0v) is 16.2. The van der Waals surface area contributed by atoms with Gasteiger partial charge in [-0.2, -0.15) is 0 Å². The Morgan fingerprint density at radius 3 is 2.58 bits per heavy atom. The topological polar surface area (TPSA) is 50.1 Å². The van der Waals surface area contributed by atoms with Gasteiger partial charge in [0.25, 0.3) is 0 Å². The molecule has 0 saturated carbocycles. The third kappa shape index (κ3) is 3.71. The Hall–Kier alpha value is -1.66. The number of anilines is 1. The fourth-order valence-electron chi connectivity index (χ4n) is 4.15. The van der Waals surface area contributed by atoms with Crippen LogP contribution in [0.25, 0.3) is 0 Å². The Morgan fingerprint density at radius 2 is 1.85 bits per heavy atom. The Kier molecular flexibility index (Phi) is 5.41. The van der Waals surface area contributed by atoms with Crippen molar-refractivity contribution in [1.29, 1.82) is 0 Å². The van der Waals surface area contributed by atoms with Crippen molar-refractivity contribution >= 4 is 17.4 Å². The number of aromatic nitrogens is 4. The number of hydrogen-bond donors (Lipinski definition) is 0. The van der Waals surface area contributed by atoms with E-state index >= 15 is 0 Å². The van der Waals surface area contributed by atoms with E-state index in [1.807, 2.05) is 18.3 Å². The molecule has 0 spiro atoms. The van der Waals surface area contributed by atoms with Crippen LogP contribution in [0.5, 0.6) is 0 Å². The van der Waals surface area contributed by atoms with E-state index in [2.05, 4.69) is 36.6 Å². The molecule has 0 unspecified atom stereocenters. The summed E-state index contributed by atoms with van der Waals surface area (Å²) in [6, 6.07) is 3.79. The molecule has 0 N–H and O–H groups in total. The predicted octanol–water partition coefficient (Wildman–Crippen LogP) is 3.23. The number of piperidine rings is 2. The molecule has 2 aromatic heterocycles. The van der Waals surface area contributed by atoms with Crippen LogP contribution in [0.2, 0.25) is 5.02 Å². The molecule has 2 aromatic rings. The summed E-state index contributed by atoms with van der Waals surface area (Å²) in [6.07, 6.45) is 7.89. The highest BCUT2D eigenvalue weighted by Gasteiger charge is 2.27. The van der Waals surface area contributed by atoms with Crippen molar-refractivity contribution in [3.63, 3.8) is 0 Å². The van der Waals surface area contributed by atoms with Crippen LogP contribution < -0.4 is 4.90 Å². The van der Waals surface area contributed by atoms with E-state index in [0.29, 0.717) is 5.92 Å². The molecule has 4 rings (SSSR count). The van der Waals surface area contributed by atoms with Gasteiger partial charge in [0.05, 0.1) is 11.6 Å². The Morgan fingerprint density at radius 1 is 1.08 bits per heavy atom. The maximum atomic E-state index is 6.30. The van der Waals surface area contributed by atoms with Gasteiger partial charge in [-0.15, -0.1) is 10.2 Å². The molecule has 0 amide bonds. The first-order chi connectivity index (χ1) is 12.7. The van der Waals surface area contributed by atoms with Gasteiger partial charge in [0, 0.05) is 32.3 Å². The largest absolute Gasteiger partial charge is 0.355 e. The zero-order valence-electron chi connectivity index (χ0n) is 15.4. The fourth-order valence-corrected chi connectivity index (χ4v) is 4.39. The van der Waals surface area contributed by atoms with Gasteiger partial charge in [0.15, 0.2) is 0 Å². The second-order valence-electron chi connectivity index (χ2n) is 7.44. The average molecular weight is 375 g/mol. The lowest BCUT2D eigenvalue weighted by molar-refractivity contribution is 0.213. The lowest BCUT2D eigenvalue weighted by Gasteiger charge is -2.32. The van der Waals surface area contributed by atoms with Gasteiger partial charge in [-0.25, -0.2) is 4.98 Å². The van der Waals surface area contributed by atoms with E-state index < -0.39 is 0 Å². The highest BCUT2D eigenvalue weighted by molar-refractivity contribution is 6.32. The SMILES string of the molecule is Cn1c(CN2CCCCC2)nnc1C1CCN(c2ncccc2Cl)CC1. The second kappa shape index (κ2) is 7.92. The molecular formula is C19H27ClN6. The first-order valence-electron chi connectivity index (χ1n) is 9.68. The molecule has 0 bridgehead atoms. The lowest BCUT2D eigenvalue weighted by atomic mass is 9.96. The number of pyridine rings is 1. The first kappa shape index (κ1) is 17.7. The highest BCUT2D eigenvalue weighted by atomic mass is 35.5. The third-order valence-corrected chi connectivity index (χ3v) is 6.01. The summed E-state index contributed by atoms with van der Waals surface area (Å²) in [5.41, 5.74) is 0. The molecule has 2 fully saturated rings. The van der Waals surface area contributed by atoms with E-state index in [4.69, 9.17) is 11.6 Å². The van der Waals surface area contributed by atoms with Crippen LogP contribution in [0, 0.1) is 0 Å². The third-order valence-electron chi connectivity index (χ3n) is 5.71. The number of nitrogens with zero attached hydrogens (tertiary/aromatic N) is 6. The van der Waals surface area contributed by atoms with E-state index in [1.165, 1.54) is 32.4 Å². The minimum atomic E-state index is 0.460. The van der Waals surface area contributed by atoms with Crippen molar-refractivity contribution in [2.45, 2.75) is 44.6 Å². The maximum absolute atomic E-state index is 6.30. The number of rotatable bonds is 4. The van der Waals surface area contributed by atoms with E-state index in [-0.39, 0.29) is 0 Å². The van der Waals surface area contributed by atoms with Crippen LogP contribution in [0.1, 0.15) is 49.7 Å². The van der Waals surface area contributed by atoms with Crippen LogP contribution in [0.3, 0.4) is 0 Å². The molecular weight excluding hydrogens is 348 g/mol. The molecule has 6 nitrogen and oxygen atoms in total. The van der Waals surface area contributed by atoms with E-state index in [0.717, 1.165) is 55.0 Å². The van der Waals surface area contributed by atoms with Crippen molar-refractivity contribution < 1.29 is 0 Å². The van der Waals surface area contributed by atoms with Crippen molar-refractivity contribution in [1.82, 2.24) is 24.6 Å². The molecule has 0 aromatic carbocycles. The molecule has 0 aliphatic carbocycles. The van der Waals surface area contributed by atoms with Crippen molar-refractivity contribution in [2.24, 2.45) is 7.05 Å². The van der Waals surface area contributed by atoms with Gasteiger partial charge in [0.2, 0.25) is 0 Å². The second-order valence-corrected chi connectivity index (χ2v) is 7.85. The summed E-state index contributed by atoms with van der Waals surface area (Å²) in [6.45, 7) is 5.20. The number of likely N-dealkylation sites (tertiary alicyclic amines) is 1. The van der Waals surface area contributed by atoms with E-state index in [9.17, 15) is 0 Å². The van der Waals surface area contributed by atoms with Gasteiger partial charge >= 0.3 is 0 Å². The summed E-state index contributed by atoms with van der Waals surface area (Å²) in [5, 5.41) is 9.78. The van der Waals surface area contributed by atoms with Crippen molar-refractivity contribution in [3.8, 4) is 0 Å². The summed E-state index contributed by atoms with van der Waals surface area (Å²) < 4.78 is 2.22. The summed E-state index contributed by atoms with van der Waals surface area (Å²) >= 11 is 6.30. The normalized spacial score (nSPS) is 19.8. The smallest absolute Gasteiger partial charge is 0.147 e. The highest BCUT2D eigenvalue weighted by Crippen LogP contribution is 2.31. The van der Waals surface area contributed by atoms with Crippen LogP contribution in [0.15, 0.2) is 18.3 Å². The summed E-state index contributed by atoms with van der Waals surface area (Å²) in [4.78, 5) is 9.23. The van der Waals surface area contributed by atoms with E-state index in [1.54, 1.807) is 0 Å². The Bertz CT molecular complexity index is 731. The molecule has 4 heterocycles. The first-order valence-corrected chi connectivity index (χ1v) is 10.1. The fraction of sp³-hybridized carbons (Fsp3) is 0.632. The Labute approximate surface area is 160 Å². The molecule has 2 saturated heterocycles. The molecule has 7 heteroatoms. The van der Waals surface area contributed by atoms with Crippen LogP contribution in [-0.4, -0.2) is 50.8 Å². The van der Waals surface area contributed by atoms with Crippen molar-refractivity contribution in [3.05, 3.63) is 35.0 Å². The van der Waals surface area contributed by atoms with Gasteiger partial charge in [-0.3, -0.25) is 4.90 Å².